The predicted molar refractivity (Wildman–Crippen MR) is 120 cm³/mol. The van der Waals surface area contributed by atoms with Gasteiger partial charge in [-0.05, 0) is 0 Å². The second kappa shape index (κ2) is 10.0. The Labute approximate surface area is 193 Å². The van der Waals surface area contributed by atoms with Gasteiger partial charge in [-0.3, -0.25) is 0 Å². The first-order valence-electron chi connectivity index (χ1n) is 10.5. The van der Waals surface area contributed by atoms with Crippen LogP contribution in [0, 0.1) is 0 Å². The van der Waals surface area contributed by atoms with Crippen LogP contribution in [0.2, 0.25) is 0 Å². The molecule has 34 heavy (non-hydrogen) atoms. The number of benzene rings is 3. The van der Waals surface area contributed by atoms with Crippen LogP contribution in [-0.4, -0.2) is 23.9 Å². The summed E-state index contributed by atoms with van der Waals surface area (Å²) >= 11 is 0. The molecule has 0 aliphatic rings. The quantitative estimate of drug-likeness (QED) is 0.191. The summed E-state index contributed by atoms with van der Waals surface area (Å²) in [7, 11) is -4.93. The van der Waals surface area contributed by atoms with Crippen molar-refractivity contribution in [2.45, 2.75) is 42.4 Å². The predicted octanol–water partition coefficient (Wildman–Crippen LogP) is 8.47. The van der Waals surface area contributed by atoms with E-state index in [2.05, 4.69) is 0 Å². The molecule has 0 nitrogen and oxygen atoms in total. The summed E-state index contributed by atoms with van der Waals surface area (Å²) in [5.41, 5.74) is -4.65. The third-order valence-corrected chi connectivity index (χ3v) is 10.8. The molecule has 0 heterocycles. The molecule has 0 aliphatic heterocycles. The van der Waals surface area contributed by atoms with E-state index >= 15 is 8.78 Å². The van der Waals surface area contributed by atoms with Crippen molar-refractivity contribution >= 4 is 7.26 Å². The van der Waals surface area contributed by atoms with Crippen molar-refractivity contribution in [2.75, 3.05) is 0 Å². The second-order valence-corrected chi connectivity index (χ2v) is 12.6. The van der Waals surface area contributed by atoms with Crippen LogP contribution in [0.3, 0.4) is 0 Å². The molecule has 0 radical (unpaired) electrons. The Hall–Kier alpha value is -2.47. The first-order chi connectivity index (χ1) is 15.9. The van der Waals surface area contributed by atoms with E-state index in [4.69, 9.17) is 0 Å². The molecule has 184 valence electrons. The second-order valence-electron chi connectivity index (χ2n) is 8.34. The van der Waals surface area contributed by atoms with Crippen molar-refractivity contribution in [1.82, 2.24) is 0 Å². The summed E-state index contributed by atoms with van der Waals surface area (Å²) in [6.07, 6.45) is -6.79. The van der Waals surface area contributed by atoms with Crippen LogP contribution < -0.4 is 0 Å². The van der Waals surface area contributed by atoms with E-state index in [1.807, 2.05) is 0 Å². The first kappa shape index (κ1) is 26.1. The molecule has 0 saturated carbocycles. The first-order valence-corrected chi connectivity index (χ1v) is 13.1. The fraction of sp³-hybridized carbons (Fsp3) is 0.280. The molecule has 0 aliphatic carbocycles. The average molecular weight is 506 g/mol. The summed E-state index contributed by atoms with van der Waals surface area (Å²) in [5, 5.41) is 0. The van der Waals surface area contributed by atoms with Crippen molar-refractivity contribution in [2.24, 2.45) is 0 Å². The average Bonchev–Trinajstić information content (AvgIpc) is 2.80. The number of hydrogen-bond acceptors (Lipinski definition) is 0. The van der Waals surface area contributed by atoms with Crippen LogP contribution in [0.25, 0.3) is 0 Å². The van der Waals surface area contributed by atoms with Gasteiger partial charge in [-0.1, -0.05) is 0 Å². The molecular weight excluding hydrogens is 483 g/mol. The Morgan fingerprint density at radius 3 is 1.09 bits per heavy atom. The van der Waals surface area contributed by atoms with Crippen LogP contribution in [-0.2, 0) is 18.5 Å². The molecule has 3 aromatic carbocycles. The molecule has 3 rings (SSSR count). The fourth-order valence-electron chi connectivity index (χ4n) is 4.16. The van der Waals surface area contributed by atoms with Crippen molar-refractivity contribution in [1.29, 1.82) is 0 Å². The summed E-state index contributed by atoms with van der Waals surface area (Å²) in [5.74, 6) is -12.5. The van der Waals surface area contributed by atoms with E-state index in [1.54, 1.807) is 18.2 Å². The Balaban J connectivity index is 2.25. The third-order valence-electron chi connectivity index (χ3n) is 5.91. The molecule has 0 unspecified atom stereocenters. The number of alkyl halides is 8. The van der Waals surface area contributed by atoms with E-state index in [0.29, 0.717) is 0 Å². The molecular formula is C25H23F8P. The zero-order chi connectivity index (χ0) is 25.0. The molecule has 0 saturated heterocycles. The van der Waals surface area contributed by atoms with Crippen molar-refractivity contribution < 1.29 is 35.1 Å². The molecule has 0 N–H and O–H groups in total. The van der Waals surface area contributed by atoms with Gasteiger partial charge in [-0.25, -0.2) is 0 Å². The van der Waals surface area contributed by atoms with Crippen molar-refractivity contribution in [3.63, 3.8) is 0 Å². The zero-order valence-corrected chi connectivity index (χ0v) is 18.9. The molecule has 0 atom stereocenters. The van der Waals surface area contributed by atoms with Crippen molar-refractivity contribution in [3.05, 3.63) is 108 Å². The van der Waals surface area contributed by atoms with E-state index in [-0.39, 0.29) is 16.7 Å². The van der Waals surface area contributed by atoms with E-state index in [9.17, 15) is 26.3 Å². The van der Waals surface area contributed by atoms with Gasteiger partial charge < -0.3 is 0 Å². The molecule has 0 aromatic heterocycles. The molecule has 0 amide bonds. The van der Waals surface area contributed by atoms with Crippen LogP contribution in [0.4, 0.5) is 35.1 Å². The maximum absolute atomic E-state index is 15.9. The Morgan fingerprint density at radius 1 is 0.529 bits per heavy atom. The minimum absolute atomic E-state index is 0.247. The number of hydrogen-bond donors (Lipinski definition) is 0. The van der Waals surface area contributed by atoms with Gasteiger partial charge in [0.15, 0.2) is 0 Å². The van der Waals surface area contributed by atoms with Gasteiger partial charge in [0.05, 0.1) is 0 Å². The summed E-state index contributed by atoms with van der Waals surface area (Å²) in [6, 6.07) is 22.5. The van der Waals surface area contributed by atoms with Gasteiger partial charge >= 0.3 is 192 Å². The molecule has 9 heteroatoms. The number of halogens is 8. The van der Waals surface area contributed by atoms with Crippen LogP contribution in [0.5, 0.6) is 0 Å². The van der Waals surface area contributed by atoms with Crippen LogP contribution in [0.1, 0.15) is 16.7 Å². The van der Waals surface area contributed by atoms with Crippen LogP contribution >= 0.6 is 7.26 Å². The van der Waals surface area contributed by atoms with Crippen molar-refractivity contribution in [3.8, 4) is 0 Å². The third kappa shape index (κ3) is 4.97. The maximum atomic E-state index is 15.9. The molecule has 0 bridgehead atoms. The SMILES string of the molecule is FC(F)C(F)(F)C(F)(F)C(F)(F)[PH](Cc1ccccc1)(Cc1ccccc1)Cc1ccccc1. The molecule has 3 aromatic rings. The van der Waals surface area contributed by atoms with Gasteiger partial charge in [-0.15, -0.1) is 0 Å². The zero-order valence-electron chi connectivity index (χ0n) is 17.9. The fourth-order valence-corrected chi connectivity index (χ4v) is 9.09. The molecule has 0 fully saturated rings. The van der Waals surface area contributed by atoms with Gasteiger partial charge in [0.2, 0.25) is 0 Å². The Kier molecular flexibility index (Phi) is 7.71. The minimum atomic E-state index is -6.27. The summed E-state index contributed by atoms with van der Waals surface area (Å²) < 4.78 is 116. The standard InChI is InChI=1S/C25H23F8P/c26-22(27)23(28,29)24(30,31)25(32,33)34(16-19-10-4-1-5-11-19,17-20-12-6-2-7-13-20)18-21-14-8-3-9-15-21/h1-15,22,34H,16-18H2. The van der Waals surface area contributed by atoms with E-state index < -0.39 is 49.7 Å². The topological polar surface area (TPSA) is 0 Å². The summed E-state index contributed by atoms with van der Waals surface area (Å²) in [4.78, 5) is 0. The molecule has 0 spiro atoms. The van der Waals surface area contributed by atoms with E-state index in [1.165, 1.54) is 72.8 Å². The van der Waals surface area contributed by atoms with Gasteiger partial charge in [-0.2, -0.15) is 0 Å². The van der Waals surface area contributed by atoms with Gasteiger partial charge in [0.1, 0.15) is 0 Å². The normalized spacial score (nSPS) is 13.8. The Morgan fingerprint density at radius 2 is 0.824 bits per heavy atom. The van der Waals surface area contributed by atoms with Crippen LogP contribution in [0.15, 0.2) is 91.0 Å². The van der Waals surface area contributed by atoms with Gasteiger partial charge in [0, 0.05) is 0 Å². The Bertz CT molecular complexity index is 939. The van der Waals surface area contributed by atoms with Gasteiger partial charge in [0.25, 0.3) is 0 Å². The van der Waals surface area contributed by atoms with E-state index in [0.717, 1.165) is 0 Å². The monoisotopic (exact) mass is 506 g/mol. The number of rotatable bonds is 10. The summed E-state index contributed by atoms with van der Waals surface area (Å²) in [6.45, 7) is 0.